The molecule has 0 N–H and O–H groups in total. The summed E-state index contributed by atoms with van der Waals surface area (Å²) in [6, 6.07) is 8.34. The van der Waals surface area contributed by atoms with E-state index in [9.17, 15) is 0 Å². The molecule has 2 aliphatic heterocycles. The van der Waals surface area contributed by atoms with Crippen molar-refractivity contribution in [3.05, 3.63) is 35.4 Å². The highest BCUT2D eigenvalue weighted by molar-refractivity contribution is 5.57. The van der Waals surface area contributed by atoms with Crippen LogP contribution in [-0.2, 0) is 10.8 Å². The first-order chi connectivity index (χ1) is 20.6. The first-order valence-electron chi connectivity index (χ1n) is 16.8. The van der Waals surface area contributed by atoms with Crippen molar-refractivity contribution >= 4 is 0 Å². The van der Waals surface area contributed by atoms with Crippen molar-refractivity contribution in [2.24, 2.45) is 0 Å². The molecule has 1 spiro atoms. The van der Waals surface area contributed by atoms with Crippen LogP contribution in [0, 0.1) is 0 Å². The Labute approximate surface area is 260 Å². The standard InChI is InChI=1S/C37H56O6/c1-9-13-17-38-31-21-27-29(23-33(31)40-19-15-11-3)42-37(25-35(27,5)6)26-36(7,8)28-22-32(39-18-14-10-2)34(24-30(28)43-37)41-20-16-12-4/h21-24H,9-20,25-26H2,1-8H3. The van der Waals surface area contributed by atoms with Gasteiger partial charge < -0.3 is 28.4 Å². The van der Waals surface area contributed by atoms with Crippen LogP contribution >= 0.6 is 0 Å². The molecule has 2 heterocycles. The van der Waals surface area contributed by atoms with Crippen molar-refractivity contribution in [3.8, 4) is 34.5 Å². The zero-order valence-electron chi connectivity index (χ0n) is 28.2. The van der Waals surface area contributed by atoms with Gasteiger partial charge in [0.1, 0.15) is 11.5 Å². The van der Waals surface area contributed by atoms with E-state index >= 15 is 0 Å². The Hall–Kier alpha value is -2.76. The summed E-state index contributed by atoms with van der Waals surface area (Å²) in [6.07, 6.45) is 9.72. The first kappa shape index (κ1) is 33.1. The summed E-state index contributed by atoms with van der Waals surface area (Å²) in [4.78, 5) is 0. The van der Waals surface area contributed by atoms with E-state index in [1.165, 1.54) is 0 Å². The molecule has 6 nitrogen and oxygen atoms in total. The van der Waals surface area contributed by atoms with Gasteiger partial charge in [-0.05, 0) is 37.8 Å². The normalized spacial score (nSPS) is 17.3. The van der Waals surface area contributed by atoms with E-state index in [-0.39, 0.29) is 10.8 Å². The minimum Gasteiger partial charge on any atom is -0.490 e. The average molecular weight is 597 g/mol. The summed E-state index contributed by atoms with van der Waals surface area (Å²) in [5, 5.41) is 0. The number of benzene rings is 2. The van der Waals surface area contributed by atoms with Crippen LogP contribution in [0.3, 0.4) is 0 Å². The molecule has 2 aromatic carbocycles. The van der Waals surface area contributed by atoms with Gasteiger partial charge in [-0.2, -0.15) is 0 Å². The maximum absolute atomic E-state index is 6.93. The van der Waals surface area contributed by atoms with Crippen LogP contribution in [0.2, 0.25) is 0 Å². The summed E-state index contributed by atoms with van der Waals surface area (Å²) in [7, 11) is 0. The van der Waals surface area contributed by atoms with Gasteiger partial charge in [-0.15, -0.1) is 0 Å². The number of hydrogen-bond acceptors (Lipinski definition) is 6. The minimum atomic E-state index is -0.830. The maximum Gasteiger partial charge on any atom is 0.252 e. The van der Waals surface area contributed by atoms with E-state index in [0.717, 1.165) is 97.0 Å². The highest BCUT2D eigenvalue weighted by Crippen LogP contribution is 2.56. The van der Waals surface area contributed by atoms with Gasteiger partial charge in [-0.25, -0.2) is 0 Å². The highest BCUT2D eigenvalue weighted by Gasteiger charge is 2.53. The van der Waals surface area contributed by atoms with Crippen LogP contribution in [0.5, 0.6) is 34.5 Å². The van der Waals surface area contributed by atoms with Gasteiger partial charge in [0.2, 0.25) is 0 Å². The average Bonchev–Trinajstić information content (AvgIpc) is 2.93. The predicted octanol–water partition coefficient (Wildman–Crippen LogP) is 9.92. The SMILES string of the molecule is CCCCOc1cc2c(cc1OCCCC)C(C)(C)CC1(CC(C)(C)c3cc(OCCCC)c(OCCCC)cc3O1)O2. The molecule has 0 saturated heterocycles. The van der Waals surface area contributed by atoms with Crippen molar-refractivity contribution in [2.75, 3.05) is 26.4 Å². The van der Waals surface area contributed by atoms with Gasteiger partial charge in [0.25, 0.3) is 5.79 Å². The van der Waals surface area contributed by atoms with E-state index in [0.29, 0.717) is 39.3 Å². The molecule has 4 rings (SSSR count). The van der Waals surface area contributed by atoms with Crippen molar-refractivity contribution in [1.82, 2.24) is 0 Å². The number of ether oxygens (including phenoxy) is 6. The molecule has 0 aromatic heterocycles. The summed E-state index contributed by atoms with van der Waals surface area (Å²) in [6.45, 7) is 20.4. The van der Waals surface area contributed by atoms with Crippen molar-refractivity contribution in [1.29, 1.82) is 0 Å². The lowest BCUT2D eigenvalue weighted by atomic mass is 9.69. The second-order valence-electron chi connectivity index (χ2n) is 13.6. The van der Waals surface area contributed by atoms with Crippen LogP contribution in [0.15, 0.2) is 24.3 Å². The van der Waals surface area contributed by atoms with E-state index in [4.69, 9.17) is 28.4 Å². The quantitative estimate of drug-likeness (QED) is 0.180. The molecule has 0 bridgehead atoms. The maximum atomic E-state index is 6.93. The molecule has 43 heavy (non-hydrogen) atoms. The zero-order chi connectivity index (χ0) is 31.1. The fourth-order valence-electron chi connectivity index (χ4n) is 6.23. The van der Waals surface area contributed by atoms with Gasteiger partial charge >= 0.3 is 0 Å². The lowest BCUT2D eigenvalue weighted by molar-refractivity contribution is -0.166. The lowest BCUT2D eigenvalue weighted by Gasteiger charge is -2.51. The predicted molar refractivity (Wildman–Crippen MR) is 174 cm³/mol. The summed E-state index contributed by atoms with van der Waals surface area (Å²) in [5.74, 6) is 3.88. The van der Waals surface area contributed by atoms with E-state index in [1.54, 1.807) is 0 Å². The number of fused-ring (bicyclic) bond motifs is 2. The second kappa shape index (κ2) is 14.3. The fourth-order valence-corrected chi connectivity index (χ4v) is 6.23. The monoisotopic (exact) mass is 596 g/mol. The minimum absolute atomic E-state index is 0.213. The Bertz CT molecular complexity index is 1110. The first-order valence-corrected chi connectivity index (χ1v) is 16.8. The Morgan fingerprint density at radius 3 is 1.12 bits per heavy atom. The van der Waals surface area contributed by atoms with Crippen molar-refractivity contribution in [3.63, 3.8) is 0 Å². The molecule has 0 amide bonds. The largest absolute Gasteiger partial charge is 0.490 e. The van der Waals surface area contributed by atoms with E-state index in [2.05, 4.69) is 67.5 Å². The Kier molecular flexibility index (Phi) is 11.1. The Morgan fingerprint density at radius 2 is 0.814 bits per heavy atom. The third-order valence-electron chi connectivity index (χ3n) is 8.59. The van der Waals surface area contributed by atoms with Gasteiger partial charge in [-0.3, -0.25) is 0 Å². The molecule has 0 radical (unpaired) electrons. The lowest BCUT2D eigenvalue weighted by Crippen LogP contribution is -2.55. The molecule has 2 aliphatic rings. The molecular formula is C37H56O6. The van der Waals surface area contributed by atoms with Gasteiger partial charge in [-0.1, -0.05) is 81.1 Å². The summed E-state index contributed by atoms with van der Waals surface area (Å²) in [5.41, 5.74) is 1.83. The molecule has 240 valence electrons. The molecule has 0 saturated carbocycles. The van der Waals surface area contributed by atoms with E-state index < -0.39 is 5.79 Å². The fraction of sp³-hybridized carbons (Fsp3) is 0.676. The van der Waals surface area contributed by atoms with Crippen molar-refractivity contribution < 1.29 is 28.4 Å². The van der Waals surface area contributed by atoms with Gasteiger partial charge in [0.15, 0.2) is 23.0 Å². The van der Waals surface area contributed by atoms with E-state index in [1.807, 2.05) is 12.1 Å². The third-order valence-corrected chi connectivity index (χ3v) is 8.59. The summed E-state index contributed by atoms with van der Waals surface area (Å²) >= 11 is 0. The number of hydrogen-bond donors (Lipinski definition) is 0. The van der Waals surface area contributed by atoms with Crippen LogP contribution in [-0.4, -0.2) is 32.2 Å². The van der Waals surface area contributed by atoms with Crippen LogP contribution in [0.25, 0.3) is 0 Å². The topological polar surface area (TPSA) is 55.4 Å². The summed E-state index contributed by atoms with van der Waals surface area (Å²) < 4.78 is 38.9. The van der Waals surface area contributed by atoms with Gasteiger partial charge in [0.05, 0.1) is 26.4 Å². The Morgan fingerprint density at radius 1 is 0.512 bits per heavy atom. The number of unbranched alkanes of at least 4 members (excludes halogenated alkanes) is 4. The molecule has 2 aromatic rings. The van der Waals surface area contributed by atoms with Crippen molar-refractivity contribution in [2.45, 2.75) is 136 Å². The third kappa shape index (κ3) is 7.85. The zero-order valence-corrected chi connectivity index (χ0v) is 28.2. The Balaban J connectivity index is 1.71. The molecule has 0 fully saturated rings. The van der Waals surface area contributed by atoms with Gasteiger partial charge in [0, 0.05) is 46.9 Å². The molecule has 6 heteroatoms. The van der Waals surface area contributed by atoms with Crippen LogP contribution in [0.1, 0.15) is 131 Å². The smallest absolute Gasteiger partial charge is 0.252 e. The van der Waals surface area contributed by atoms with Crippen LogP contribution in [0.4, 0.5) is 0 Å². The highest BCUT2D eigenvalue weighted by atomic mass is 16.7. The molecule has 0 unspecified atom stereocenters. The molecule has 0 atom stereocenters. The van der Waals surface area contributed by atoms with Crippen LogP contribution < -0.4 is 28.4 Å². The molecular weight excluding hydrogens is 540 g/mol. The number of rotatable bonds is 16. The second-order valence-corrected chi connectivity index (χ2v) is 13.6. The molecule has 0 aliphatic carbocycles.